The number of ether oxygens (including phenoxy) is 2. The molecule has 1 aromatic rings. The molecular weight excluding hydrogens is 492 g/mol. The van der Waals surface area contributed by atoms with E-state index in [-0.39, 0.29) is 24.4 Å². The molecule has 0 amide bonds. The molecule has 0 bridgehead atoms. The third-order valence-electron chi connectivity index (χ3n) is 7.62. The molecule has 0 heterocycles. The van der Waals surface area contributed by atoms with Crippen molar-refractivity contribution in [1.82, 2.24) is 0 Å². The van der Waals surface area contributed by atoms with E-state index in [1.807, 2.05) is 0 Å². The molecule has 2 N–H and O–H groups in total. The second-order valence-corrected chi connectivity index (χ2v) is 10.7. The largest absolute Gasteiger partial charge is 0.462 e. The van der Waals surface area contributed by atoms with Crippen LogP contribution < -0.4 is 0 Å². The third kappa shape index (κ3) is 14.6. The van der Waals surface area contributed by atoms with Crippen molar-refractivity contribution in [3.05, 3.63) is 59.7 Å². The molecule has 1 aromatic carbocycles. The normalized spacial score (nSPS) is 17.4. The van der Waals surface area contributed by atoms with Gasteiger partial charge in [0.05, 0.1) is 25.4 Å². The fraction of sp³-hybridized carbons (Fsp3) is 0.636. The first-order chi connectivity index (χ1) is 18.9. The van der Waals surface area contributed by atoms with E-state index in [0.29, 0.717) is 24.7 Å². The van der Waals surface area contributed by atoms with Crippen LogP contribution in [0, 0.1) is 5.92 Å². The Bertz CT molecular complexity index is 823. The van der Waals surface area contributed by atoms with Crippen LogP contribution >= 0.6 is 0 Å². The van der Waals surface area contributed by atoms with Crippen LogP contribution in [-0.2, 0) is 19.1 Å². The van der Waals surface area contributed by atoms with Gasteiger partial charge >= 0.3 is 5.97 Å². The maximum absolute atomic E-state index is 11.7. The number of aliphatic hydroxyl groups excluding tert-OH is 2. The number of benzene rings is 1. The van der Waals surface area contributed by atoms with Crippen molar-refractivity contribution >= 4 is 12.3 Å². The summed E-state index contributed by atoms with van der Waals surface area (Å²) >= 11 is 0. The number of hydrogen-bond donors (Lipinski definition) is 2. The van der Waals surface area contributed by atoms with Crippen LogP contribution in [0.25, 0.3) is 0 Å². The standard InChI is InChI=1S/C29H46O4.C4H6O2/c1-4-5-6-9-24-12-14-26(15-13-24)28-18-16-27(17-19-28)25(10-7-20-32-3)11-8-21-33-29(31)23(2)22-30;1-4(2-5)3-6/h16-19,24-26,30H,2,4-15,20-22H2,1,3H3;2,6H,1,3H2. The summed E-state index contributed by atoms with van der Waals surface area (Å²) in [4.78, 5) is 21.2. The van der Waals surface area contributed by atoms with Gasteiger partial charge in [0.1, 0.15) is 6.29 Å². The molecule has 1 aliphatic rings. The van der Waals surface area contributed by atoms with Crippen molar-refractivity contribution < 1.29 is 29.3 Å². The number of aliphatic hydroxyl groups is 2. The second kappa shape index (κ2) is 21.5. The monoisotopic (exact) mass is 544 g/mol. The van der Waals surface area contributed by atoms with Crippen LogP contribution in [0.5, 0.6) is 0 Å². The average molecular weight is 545 g/mol. The molecule has 0 aromatic heterocycles. The van der Waals surface area contributed by atoms with E-state index < -0.39 is 5.97 Å². The lowest BCUT2D eigenvalue weighted by atomic mass is 9.76. The van der Waals surface area contributed by atoms with E-state index in [9.17, 15) is 9.59 Å². The van der Waals surface area contributed by atoms with E-state index in [1.165, 1.54) is 62.5 Å². The number of carbonyl (C=O) groups is 2. The molecule has 0 saturated heterocycles. The number of unbranched alkanes of at least 4 members (excludes halogenated alkanes) is 2. The predicted octanol–water partition coefficient (Wildman–Crippen LogP) is 6.66. The van der Waals surface area contributed by atoms with Gasteiger partial charge in [0.15, 0.2) is 0 Å². The quantitative estimate of drug-likeness (QED) is 0.0929. The topological polar surface area (TPSA) is 93.1 Å². The summed E-state index contributed by atoms with van der Waals surface area (Å²) in [7, 11) is 1.75. The van der Waals surface area contributed by atoms with Gasteiger partial charge in [-0.05, 0) is 80.2 Å². The first-order valence-corrected chi connectivity index (χ1v) is 14.7. The summed E-state index contributed by atoms with van der Waals surface area (Å²) in [6.45, 7) is 9.51. The Kier molecular flexibility index (Phi) is 19.2. The summed E-state index contributed by atoms with van der Waals surface area (Å²) in [5, 5.41) is 17.0. The lowest BCUT2D eigenvalue weighted by molar-refractivity contribution is -0.139. The summed E-state index contributed by atoms with van der Waals surface area (Å²) in [5.41, 5.74) is 3.19. The molecule has 1 aliphatic carbocycles. The predicted molar refractivity (Wildman–Crippen MR) is 158 cm³/mol. The molecule has 6 nitrogen and oxygen atoms in total. The second-order valence-electron chi connectivity index (χ2n) is 10.7. The molecule has 2 rings (SSSR count). The zero-order chi connectivity index (χ0) is 28.9. The Morgan fingerprint density at radius 2 is 1.62 bits per heavy atom. The fourth-order valence-corrected chi connectivity index (χ4v) is 5.16. The summed E-state index contributed by atoms with van der Waals surface area (Å²) in [6.07, 6.45) is 15.3. The van der Waals surface area contributed by atoms with Gasteiger partial charge in [-0.1, -0.05) is 70.0 Å². The fourth-order valence-electron chi connectivity index (χ4n) is 5.16. The molecule has 1 atom stereocenters. The minimum Gasteiger partial charge on any atom is -0.462 e. The van der Waals surface area contributed by atoms with Gasteiger partial charge in [-0.25, -0.2) is 4.79 Å². The van der Waals surface area contributed by atoms with Crippen molar-refractivity contribution in [2.45, 2.75) is 95.8 Å². The number of methoxy groups -OCH3 is 1. The highest BCUT2D eigenvalue weighted by Gasteiger charge is 2.22. The van der Waals surface area contributed by atoms with Crippen LogP contribution in [0.4, 0.5) is 0 Å². The summed E-state index contributed by atoms with van der Waals surface area (Å²) in [6, 6.07) is 9.34. The van der Waals surface area contributed by atoms with Crippen LogP contribution in [0.2, 0.25) is 0 Å². The molecule has 1 unspecified atom stereocenters. The SMILES string of the molecule is C=C(C=O)CO.C=C(CO)C(=O)OCCCC(CCCOC)c1ccc(C2CCC(CCCCC)CC2)cc1. The highest BCUT2D eigenvalue weighted by atomic mass is 16.5. The van der Waals surface area contributed by atoms with Crippen LogP contribution in [0.1, 0.15) is 107 Å². The Labute approximate surface area is 236 Å². The van der Waals surface area contributed by atoms with Gasteiger partial charge in [0.2, 0.25) is 0 Å². The molecule has 39 heavy (non-hydrogen) atoms. The van der Waals surface area contributed by atoms with Crippen LogP contribution in [-0.4, -0.2) is 56.0 Å². The first-order valence-electron chi connectivity index (χ1n) is 14.7. The lowest BCUT2D eigenvalue weighted by Gasteiger charge is -2.29. The van der Waals surface area contributed by atoms with Gasteiger partial charge in [0, 0.05) is 19.3 Å². The van der Waals surface area contributed by atoms with Crippen LogP contribution in [0.15, 0.2) is 48.6 Å². The molecule has 6 heteroatoms. The molecule has 0 spiro atoms. The molecule has 1 saturated carbocycles. The van der Waals surface area contributed by atoms with Crippen molar-refractivity contribution in [3.63, 3.8) is 0 Å². The lowest BCUT2D eigenvalue weighted by Crippen LogP contribution is -2.13. The summed E-state index contributed by atoms with van der Waals surface area (Å²) < 4.78 is 10.5. The highest BCUT2D eigenvalue weighted by molar-refractivity contribution is 5.87. The van der Waals surface area contributed by atoms with Gasteiger partial charge in [-0.2, -0.15) is 0 Å². The van der Waals surface area contributed by atoms with Crippen molar-refractivity contribution in [2.24, 2.45) is 5.92 Å². The first kappa shape index (κ1) is 34.7. The van der Waals surface area contributed by atoms with E-state index in [4.69, 9.17) is 19.7 Å². The highest BCUT2D eigenvalue weighted by Crippen LogP contribution is 2.38. The van der Waals surface area contributed by atoms with E-state index >= 15 is 0 Å². The number of carbonyl (C=O) groups excluding carboxylic acids is 2. The van der Waals surface area contributed by atoms with Crippen molar-refractivity contribution in [1.29, 1.82) is 0 Å². The average Bonchev–Trinajstić information content (AvgIpc) is 2.98. The van der Waals surface area contributed by atoms with Gasteiger partial charge in [0.25, 0.3) is 0 Å². The Morgan fingerprint density at radius 3 is 2.13 bits per heavy atom. The zero-order valence-electron chi connectivity index (χ0n) is 24.4. The third-order valence-corrected chi connectivity index (χ3v) is 7.62. The molecule has 0 radical (unpaired) electrons. The van der Waals surface area contributed by atoms with Gasteiger partial charge in [-0.15, -0.1) is 0 Å². The minimum absolute atomic E-state index is 0.109. The van der Waals surface area contributed by atoms with Gasteiger partial charge < -0.3 is 19.7 Å². The molecule has 0 aliphatic heterocycles. The van der Waals surface area contributed by atoms with Gasteiger partial charge in [-0.3, -0.25) is 4.79 Å². The Balaban J connectivity index is 0.00000113. The summed E-state index contributed by atoms with van der Waals surface area (Å²) in [5.74, 6) is 1.59. The molecule has 1 fully saturated rings. The molecule has 220 valence electrons. The number of rotatable bonds is 18. The maximum atomic E-state index is 11.7. The zero-order valence-corrected chi connectivity index (χ0v) is 24.4. The number of aldehydes is 1. The molecular formula is C33H52O6. The van der Waals surface area contributed by atoms with Crippen molar-refractivity contribution in [3.8, 4) is 0 Å². The Morgan fingerprint density at radius 1 is 0.974 bits per heavy atom. The van der Waals surface area contributed by atoms with E-state index in [1.54, 1.807) is 7.11 Å². The maximum Gasteiger partial charge on any atom is 0.335 e. The van der Waals surface area contributed by atoms with E-state index in [2.05, 4.69) is 44.3 Å². The smallest absolute Gasteiger partial charge is 0.335 e. The number of hydrogen-bond acceptors (Lipinski definition) is 6. The van der Waals surface area contributed by atoms with Crippen LogP contribution in [0.3, 0.4) is 0 Å². The number of esters is 1. The van der Waals surface area contributed by atoms with E-state index in [0.717, 1.165) is 38.2 Å². The minimum atomic E-state index is -0.502. The Hall–Kier alpha value is -2.28. The van der Waals surface area contributed by atoms with Crippen molar-refractivity contribution in [2.75, 3.05) is 33.5 Å².